The molecule has 0 bridgehead atoms. The standard InChI is InChI=1S/C22H19BrN4O2/c1-2-29-20-13-15(9-11-19(20)28)14-8-10-18-17(12-14)21(26-22(24)25-18)27(23)16-6-4-3-5-7-16/h3-13,28H,2H2,1H3,(H2,24,25,26). The fraction of sp³-hybridized carbons (Fsp3) is 0.0909. The molecule has 0 aliphatic rings. The number of nitrogen functional groups attached to an aromatic ring is 1. The molecular formula is C22H19BrN4O2. The van der Waals surface area contributed by atoms with Gasteiger partial charge in [-0.05, 0) is 54.4 Å². The van der Waals surface area contributed by atoms with Crippen molar-refractivity contribution in [3.63, 3.8) is 0 Å². The second-order valence-electron chi connectivity index (χ2n) is 6.37. The van der Waals surface area contributed by atoms with Crippen molar-refractivity contribution in [2.24, 2.45) is 0 Å². The third-order valence-corrected chi connectivity index (χ3v) is 5.20. The van der Waals surface area contributed by atoms with Crippen molar-refractivity contribution < 1.29 is 9.84 Å². The van der Waals surface area contributed by atoms with Gasteiger partial charge in [-0.1, -0.05) is 30.3 Å². The highest BCUT2D eigenvalue weighted by Gasteiger charge is 2.15. The van der Waals surface area contributed by atoms with Gasteiger partial charge in [0, 0.05) is 5.39 Å². The van der Waals surface area contributed by atoms with Crippen LogP contribution >= 0.6 is 16.1 Å². The summed E-state index contributed by atoms with van der Waals surface area (Å²) >= 11 is 3.61. The maximum atomic E-state index is 9.99. The first-order valence-corrected chi connectivity index (χ1v) is 9.82. The van der Waals surface area contributed by atoms with E-state index < -0.39 is 0 Å². The van der Waals surface area contributed by atoms with Crippen LogP contribution in [-0.2, 0) is 0 Å². The van der Waals surface area contributed by atoms with Gasteiger partial charge in [0.2, 0.25) is 5.95 Å². The van der Waals surface area contributed by atoms with Crippen LogP contribution in [0.4, 0.5) is 17.5 Å². The van der Waals surface area contributed by atoms with Crippen molar-refractivity contribution in [3.8, 4) is 22.6 Å². The average molecular weight is 451 g/mol. The van der Waals surface area contributed by atoms with E-state index in [1.807, 2.05) is 67.6 Å². The molecule has 146 valence electrons. The van der Waals surface area contributed by atoms with Crippen molar-refractivity contribution in [1.29, 1.82) is 0 Å². The highest BCUT2D eigenvalue weighted by molar-refractivity contribution is 9.10. The number of aromatic nitrogens is 2. The van der Waals surface area contributed by atoms with Gasteiger partial charge in [-0.15, -0.1) is 0 Å². The Bertz CT molecular complexity index is 1170. The molecule has 0 spiro atoms. The summed E-state index contributed by atoms with van der Waals surface area (Å²) in [6.07, 6.45) is 0. The molecule has 0 amide bonds. The second-order valence-corrected chi connectivity index (χ2v) is 7.08. The molecule has 0 fully saturated rings. The van der Waals surface area contributed by atoms with E-state index in [1.165, 1.54) is 0 Å². The van der Waals surface area contributed by atoms with Gasteiger partial charge in [-0.25, -0.2) is 4.98 Å². The molecule has 0 saturated heterocycles. The van der Waals surface area contributed by atoms with Crippen LogP contribution in [0.3, 0.4) is 0 Å². The van der Waals surface area contributed by atoms with Gasteiger partial charge >= 0.3 is 0 Å². The Morgan fingerprint density at radius 2 is 1.72 bits per heavy atom. The Morgan fingerprint density at radius 3 is 2.48 bits per heavy atom. The van der Waals surface area contributed by atoms with Gasteiger partial charge < -0.3 is 15.6 Å². The molecule has 4 aromatic rings. The molecule has 3 aromatic carbocycles. The summed E-state index contributed by atoms with van der Waals surface area (Å²) in [4.78, 5) is 8.82. The smallest absolute Gasteiger partial charge is 0.222 e. The van der Waals surface area contributed by atoms with Gasteiger partial charge in [0.05, 0.1) is 34.0 Å². The fourth-order valence-corrected chi connectivity index (χ4v) is 3.61. The number of rotatable bonds is 5. The Kier molecular flexibility index (Phi) is 5.22. The lowest BCUT2D eigenvalue weighted by Gasteiger charge is -2.18. The van der Waals surface area contributed by atoms with Gasteiger partial charge in [-0.3, -0.25) is 3.93 Å². The number of hydrogen-bond donors (Lipinski definition) is 2. The number of nitrogens with zero attached hydrogens (tertiary/aromatic N) is 3. The lowest BCUT2D eigenvalue weighted by atomic mass is 10.0. The molecule has 1 aromatic heterocycles. The molecule has 0 atom stereocenters. The number of benzene rings is 3. The molecule has 3 N–H and O–H groups in total. The number of ether oxygens (including phenoxy) is 1. The number of anilines is 3. The summed E-state index contributed by atoms with van der Waals surface area (Å²) in [6, 6.07) is 21.0. The average Bonchev–Trinajstić information content (AvgIpc) is 2.74. The highest BCUT2D eigenvalue weighted by atomic mass is 79.9. The minimum Gasteiger partial charge on any atom is -0.504 e. The Balaban J connectivity index is 1.85. The number of phenolic OH excluding ortho intramolecular Hbond substituents is 1. The van der Waals surface area contributed by atoms with Crippen LogP contribution in [0.1, 0.15) is 6.92 Å². The molecular weight excluding hydrogens is 432 g/mol. The Morgan fingerprint density at radius 1 is 1.00 bits per heavy atom. The first-order chi connectivity index (χ1) is 14.1. The quantitative estimate of drug-likeness (QED) is 0.394. The number of nitrogens with two attached hydrogens (primary N) is 1. The lowest BCUT2D eigenvalue weighted by molar-refractivity contribution is 0.318. The molecule has 29 heavy (non-hydrogen) atoms. The normalized spacial score (nSPS) is 10.8. The van der Waals surface area contributed by atoms with Crippen LogP contribution in [0.25, 0.3) is 22.0 Å². The highest BCUT2D eigenvalue weighted by Crippen LogP contribution is 2.37. The minimum absolute atomic E-state index is 0.115. The zero-order valence-corrected chi connectivity index (χ0v) is 17.3. The third kappa shape index (κ3) is 3.82. The molecule has 7 heteroatoms. The van der Waals surface area contributed by atoms with Gasteiger partial charge in [0.25, 0.3) is 0 Å². The van der Waals surface area contributed by atoms with Crippen LogP contribution < -0.4 is 14.4 Å². The van der Waals surface area contributed by atoms with Gasteiger partial charge in [-0.2, -0.15) is 4.98 Å². The predicted octanol–water partition coefficient (Wildman–Crippen LogP) is 5.43. The Labute approximate surface area is 176 Å². The zero-order valence-electron chi connectivity index (χ0n) is 15.7. The molecule has 0 unspecified atom stereocenters. The van der Waals surface area contributed by atoms with Crippen LogP contribution in [-0.4, -0.2) is 21.7 Å². The lowest BCUT2D eigenvalue weighted by Crippen LogP contribution is -2.07. The Hall–Kier alpha value is -3.32. The van der Waals surface area contributed by atoms with Crippen LogP contribution in [0.15, 0.2) is 66.7 Å². The zero-order chi connectivity index (χ0) is 20.4. The summed E-state index contributed by atoms with van der Waals surface area (Å²) in [7, 11) is 0. The number of halogens is 1. The molecule has 0 radical (unpaired) electrons. The van der Waals surface area contributed by atoms with E-state index >= 15 is 0 Å². The van der Waals surface area contributed by atoms with Crippen molar-refractivity contribution in [3.05, 3.63) is 66.7 Å². The monoisotopic (exact) mass is 450 g/mol. The predicted molar refractivity (Wildman–Crippen MR) is 120 cm³/mol. The number of fused-ring (bicyclic) bond motifs is 1. The first-order valence-electron chi connectivity index (χ1n) is 9.11. The fourth-order valence-electron chi connectivity index (χ4n) is 3.10. The van der Waals surface area contributed by atoms with E-state index in [1.54, 1.807) is 9.99 Å². The SMILES string of the molecule is CCOc1cc(-c2ccc3nc(N)nc(N(Br)c4ccccc4)c3c2)ccc1O. The molecule has 0 aliphatic heterocycles. The van der Waals surface area contributed by atoms with E-state index in [0.29, 0.717) is 18.2 Å². The van der Waals surface area contributed by atoms with E-state index in [4.69, 9.17) is 10.5 Å². The molecule has 0 aliphatic carbocycles. The maximum Gasteiger partial charge on any atom is 0.222 e. The van der Waals surface area contributed by atoms with Crippen molar-refractivity contribution in [2.45, 2.75) is 6.92 Å². The third-order valence-electron chi connectivity index (χ3n) is 4.45. The van der Waals surface area contributed by atoms with Crippen molar-refractivity contribution >= 4 is 44.5 Å². The molecule has 0 saturated carbocycles. The molecule has 6 nitrogen and oxygen atoms in total. The minimum atomic E-state index is 0.115. The number of phenols is 1. The summed E-state index contributed by atoms with van der Waals surface area (Å²) in [5, 5.41) is 10.8. The van der Waals surface area contributed by atoms with Gasteiger partial charge in [0.1, 0.15) is 0 Å². The van der Waals surface area contributed by atoms with Gasteiger partial charge in [0.15, 0.2) is 17.3 Å². The van der Waals surface area contributed by atoms with Crippen LogP contribution in [0.2, 0.25) is 0 Å². The van der Waals surface area contributed by atoms with E-state index in [0.717, 1.165) is 27.7 Å². The number of aromatic hydroxyl groups is 1. The van der Waals surface area contributed by atoms with Crippen molar-refractivity contribution in [1.82, 2.24) is 9.97 Å². The summed E-state index contributed by atoms with van der Waals surface area (Å²) in [6.45, 7) is 2.35. The topological polar surface area (TPSA) is 84.5 Å². The second kappa shape index (κ2) is 7.97. The van der Waals surface area contributed by atoms with Crippen LogP contribution in [0, 0.1) is 0 Å². The maximum absolute atomic E-state index is 9.99. The summed E-state index contributed by atoms with van der Waals surface area (Å²) in [5.41, 5.74) is 9.46. The first kappa shape index (κ1) is 19.0. The van der Waals surface area contributed by atoms with E-state index in [9.17, 15) is 5.11 Å². The summed E-state index contributed by atoms with van der Waals surface area (Å²) in [5.74, 6) is 1.41. The van der Waals surface area contributed by atoms with E-state index in [2.05, 4.69) is 26.1 Å². The van der Waals surface area contributed by atoms with Crippen LogP contribution in [0.5, 0.6) is 11.5 Å². The molecule has 4 rings (SSSR count). The largest absolute Gasteiger partial charge is 0.504 e. The number of para-hydroxylation sites is 1. The number of hydrogen-bond acceptors (Lipinski definition) is 6. The molecule has 1 heterocycles. The van der Waals surface area contributed by atoms with E-state index in [-0.39, 0.29) is 11.7 Å². The van der Waals surface area contributed by atoms with Crippen molar-refractivity contribution in [2.75, 3.05) is 16.3 Å². The summed E-state index contributed by atoms with van der Waals surface area (Å²) < 4.78 is 7.32.